The first kappa shape index (κ1) is 21.5. The van der Waals surface area contributed by atoms with Gasteiger partial charge >= 0.3 is 0 Å². The molecule has 0 bridgehead atoms. The van der Waals surface area contributed by atoms with Gasteiger partial charge in [-0.1, -0.05) is 17.7 Å². The first-order valence-corrected chi connectivity index (χ1v) is 9.15. The fourth-order valence-electron chi connectivity index (χ4n) is 2.42. The highest BCUT2D eigenvalue weighted by atomic mass is 35.5. The molecule has 8 heteroatoms. The van der Waals surface area contributed by atoms with Crippen molar-refractivity contribution in [3.63, 3.8) is 0 Å². The molecule has 0 fully saturated rings. The van der Waals surface area contributed by atoms with Gasteiger partial charge in [0.1, 0.15) is 5.75 Å². The number of halogens is 1. The molecule has 0 aliphatic rings. The summed E-state index contributed by atoms with van der Waals surface area (Å²) in [4.78, 5) is 24.3. The topological polar surface area (TPSA) is 88.7 Å². The summed E-state index contributed by atoms with van der Waals surface area (Å²) in [5.74, 6) is 0.128. The van der Waals surface area contributed by atoms with Crippen molar-refractivity contribution in [2.24, 2.45) is 0 Å². The van der Waals surface area contributed by atoms with Crippen LogP contribution in [0.1, 0.15) is 16.8 Å². The van der Waals surface area contributed by atoms with Crippen molar-refractivity contribution in [1.29, 1.82) is 0 Å². The Kier molecular flexibility index (Phi) is 8.58. The van der Waals surface area contributed by atoms with E-state index in [0.29, 0.717) is 40.9 Å². The zero-order chi connectivity index (χ0) is 20.4. The molecule has 2 aromatic rings. The summed E-state index contributed by atoms with van der Waals surface area (Å²) in [5.41, 5.74) is 1.76. The number of nitrogens with one attached hydrogen (secondary N) is 3. The van der Waals surface area contributed by atoms with Crippen molar-refractivity contribution < 1.29 is 19.1 Å². The molecule has 150 valence electrons. The third kappa shape index (κ3) is 6.75. The molecule has 2 rings (SSSR count). The molecule has 3 N–H and O–H groups in total. The van der Waals surface area contributed by atoms with E-state index in [-0.39, 0.29) is 18.4 Å². The summed E-state index contributed by atoms with van der Waals surface area (Å²) in [6.07, 6.45) is 0.746. The van der Waals surface area contributed by atoms with Crippen molar-refractivity contribution in [3.8, 4) is 5.75 Å². The molecule has 7 nitrogen and oxygen atoms in total. The van der Waals surface area contributed by atoms with Crippen LogP contribution in [0.2, 0.25) is 5.02 Å². The second-order valence-corrected chi connectivity index (χ2v) is 6.34. The van der Waals surface area contributed by atoms with Crippen LogP contribution in [0.5, 0.6) is 5.75 Å². The highest BCUT2D eigenvalue weighted by Crippen LogP contribution is 2.27. The van der Waals surface area contributed by atoms with Gasteiger partial charge in [0.05, 0.1) is 18.7 Å². The zero-order valence-electron chi connectivity index (χ0n) is 15.9. The molecule has 0 unspecified atom stereocenters. The average molecular weight is 406 g/mol. The van der Waals surface area contributed by atoms with E-state index in [1.807, 2.05) is 0 Å². The van der Waals surface area contributed by atoms with E-state index in [9.17, 15) is 9.59 Å². The maximum atomic E-state index is 12.1. The number of amides is 2. The van der Waals surface area contributed by atoms with Crippen molar-refractivity contribution >= 4 is 34.8 Å². The van der Waals surface area contributed by atoms with Crippen molar-refractivity contribution in [2.45, 2.75) is 6.42 Å². The smallest absolute Gasteiger partial charge is 0.251 e. The largest absolute Gasteiger partial charge is 0.495 e. The van der Waals surface area contributed by atoms with Gasteiger partial charge in [-0.15, -0.1) is 0 Å². The average Bonchev–Trinajstić information content (AvgIpc) is 2.70. The summed E-state index contributed by atoms with van der Waals surface area (Å²) < 4.78 is 10.0. The summed E-state index contributed by atoms with van der Waals surface area (Å²) in [7, 11) is 3.15. The van der Waals surface area contributed by atoms with Gasteiger partial charge in [-0.05, 0) is 42.8 Å². The Bertz CT molecular complexity index is 814. The highest BCUT2D eigenvalue weighted by molar-refractivity contribution is 6.32. The predicted molar refractivity (Wildman–Crippen MR) is 110 cm³/mol. The number of anilines is 2. The Morgan fingerprint density at radius 3 is 2.61 bits per heavy atom. The maximum Gasteiger partial charge on any atom is 0.251 e. The highest BCUT2D eigenvalue weighted by Gasteiger charge is 2.08. The number of ether oxygens (including phenoxy) is 2. The Balaban J connectivity index is 1.85. The molecule has 0 heterocycles. The van der Waals surface area contributed by atoms with Gasteiger partial charge in [-0.3, -0.25) is 9.59 Å². The van der Waals surface area contributed by atoms with Crippen molar-refractivity contribution in [1.82, 2.24) is 5.32 Å². The number of methoxy groups -OCH3 is 2. The van der Waals surface area contributed by atoms with Crippen LogP contribution in [0.4, 0.5) is 11.4 Å². The van der Waals surface area contributed by atoms with Gasteiger partial charge in [0, 0.05) is 37.2 Å². The number of carbonyl (C=O) groups excluding carboxylic acids is 2. The molecular weight excluding hydrogens is 382 g/mol. The third-order valence-electron chi connectivity index (χ3n) is 3.82. The van der Waals surface area contributed by atoms with Crippen LogP contribution in [0, 0.1) is 0 Å². The van der Waals surface area contributed by atoms with Crippen LogP contribution in [-0.2, 0) is 9.53 Å². The normalized spacial score (nSPS) is 10.2. The van der Waals surface area contributed by atoms with E-state index in [4.69, 9.17) is 21.1 Å². The zero-order valence-corrected chi connectivity index (χ0v) is 16.6. The van der Waals surface area contributed by atoms with E-state index in [1.165, 1.54) is 7.11 Å². The number of benzene rings is 2. The molecule has 0 saturated heterocycles. The Hall–Kier alpha value is -2.77. The number of rotatable bonds is 10. The summed E-state index contributed by atoms with van der Waals surface area (Å²) in [6, 6.07) is 12.0. The number of hydrogen-bond donors (Lipinski definition) is 3. The van der Waals surface area contributed by atoms with Crippen molar-refractivity contribution in [2.75, 3.05) is 44.5 Å². The number of hydrogen-bond acceptors (Lipinski definition) is 5. The molecule has 2 amide bonds. The molecule has 0 aromatic heterocycles. The minimum atomic E-state index is -0.240. The molecule has 0 aliphatic heterocycles. The van der Waals surface area contributed by atoms with Crippen LogP contribution in [0.25, 0.3) is 0 Å². The molecule has 0 atom stereocenters. The van der Waals surface area contributed by atoms with Crippen LogP contribution in [-0.4, -0.2) is 45.7 Å². The monoisotopic (exact) mass is 405 g/mol. The lowest BCUT2D eigenvalue weighted by Gasteiger charge is -2.10. The first-order chi connectivity index (χ1) is 13.5. The summed E-state index contributed by atoms with van der Waals surface area (Å²) in [6.45, 7) is 1.18. The molecule has 0 saturated carbocycles. The van der Waals surface area contributed by atoms with E-state index in [0.717, 1.165) is 6.42 Å². The van der Waals surface area contributed by atoms with Gasteiger partial charge in [0.2, 0.25) is 5.91 Å². The fourth-order valence-corrected chi connectivity index (χ4v) is 2.68. The maximum absolute atomic E-state index is 12.1. The van der Waals surface area contributed by atoms with Crippen molar-refractivity contribution in [3.05, 3.63) is 53.1 Å². The third-order valence-corrected chi connectivity index (χ3v) is 4.12. The molecule has 0 spiro atoms. The lowest BCUT2D eigenvalue weighted by atomic mass is 10.2. The van der Waals surface area contributed by atoms with Gasteiger partial charge < -0.3 is 25.4 Å². The van der Waals surface area contributed by atoms with Crippen LogP contribution < -0.4 is 20.7 Å². The Morgan fingerprint density at radius 2 is 1.89 bits per heavy atom. The van der Waals surface area contributed by atoms with Crippen LogP contribution >= 0.6 is 11.6 Å². The Labute approximate surface area is 169 Å². The second-order valence-electron chi connectivity index (χ2n) is 5.93. The van der Waals surface area contributed by atoms with E-state index in [2.05, 4.69) is 16.0 Å². The lowest BCUT2D eigenvalue weighted by Crippen LogP contribution is -2.25. The lowest BCUT2D eigenvalue weighted by molar-refractivity contribution is -0.114. The SMILES string of the molecule is COCCCNC(=O)c1cccc(NCC(=O)Nc2ccc(OC)c(Cl)c2)c1. The summed E-state index contributed by atoms with van der Waals surface area (Å²) >= 11 is 6.05. The van der Waals surface area contributed by atoms with Gasteiger partial charge in [-0.25, -0.2) is 0 Å². The Morgan fingerprint density at radius 1 is 1.07 bits per heavy atom. The summed E-state index contributed by atoms with van der Waals surface area (Å²) in [5, 5.41) is 8.99. The van der Waals surface area contributed by atoms with Crippen LogP contribution in [0.15, 0.2) is 42.5 Å². The first-order valence-electron chi connectivity index (χ1n) is 8.78. The van der Waals surface area contributed by atoms with Crippen LogP contribution in [0.3, 0.4) is 0 Å². The van der Waals surface area contributed by atoms with Gasteiger partial charge in [0.15, 0.2) is 0 Å². The molecule has 2 aromatic carbocycles. The number of carbonyl (C=O) groups is 2. The standard InChI is InChI=1S/C20H24ClN3O4/c1-27-10-4-9-22-20(26)14-5-3-6-15(11-14)23-13-19(25)24-16-7-8-18(28-2)17(21)12-16/h3,5-8,11-12,23H,4,9-10,13H2,1-2H3,(H,22,26)(H,24,25). The van der Waals surface area contributed by atoms with E-state index in [1.54, 1.807) is 49.6 Å². The predicted octanol–water partition coefficient (Wildman–Crippen LogP) is 3.17. The fraction of sp³-hybridized carbons (Fsp3) is 0.300. The van der Waals surface area contributed by atoms with E-state index >= 15 is 0 Å². The molecular formula is C20H24ClN3O4. The minimum Gasteiger partial charge on any atom is -0.495 e. The molecule has 0 radical (unpaired) electrons. The van der Waals surface area contributed by atoms with E-state index < -0.39 is 0 Å². The second kappa shape index (κ2) is 11.2. The molecule has 28 heavy (non-hydrogen) atoms. The minimum absolute atomic E-state index is 0.0442. The quantitative estimate of drug-likeness (QED) is 0.528. The molecule has 0 aliphatic carbocycles. The van der Waals surface area contributed by atoms with Gasteiger partial charge in [0.25, 0.3) is 5.91 Å². The van der Waals surface area contributed by atoms with Gasteiger partial charge in [-0.2, -0.15) is 0 Å².